The zero-order valence-corrected chi connectivity index (χ0v) is 16.6. The fourth-order valence-corrected chi connectivity index (χ4v) is 2.62. The quantitative estimate of drug-likeness (QED) is 0.229. The Kier molecular flexibility index (Phi) is 7.05. The molecule has 0 aliphatic heterocycles. The molecule has 32 heavy (non-hydrogen) atoms. The topological polar surface area (TPSA) is 134 Å². The van der Waals surface area contributed by atoms with E-state index in [9.17, 15) is 24.8 Å². The Labute approximate surface area is 182 Å². The summed E-state index contributed by atoms with van der Waals surface area (Å²) < 4.78 is 0. The Morgan fingerprint density at radius 1 is 0.938 bits per heavy atom. The van der Waals surface area contributed by atoms with E-state index in [0.29, 0.717) is 16.7 Å². The SMILES string of the molecule is O=C(N/N=C/c1ccc([N+](=O)[O-])cc1)/C(=C/c1ccccc1O)NC(=O)c1ccccc1. The van der Waals surface area contributed by atoms with E-state index in [1.807, 2.05) is 0 Å². The highest BCUT2D eigenvalue weighted by Crippen LogP contribution is 2.18. The zero-order chi connectivity index (χ0) is 22.9. The molecule has 0 bridgehead atoms. The molecule has 2 amide bonds. The van der Waals surface area contributed by atoms with Gasteiger partial charge in [0.25, 0.3) is 17.5 Å². The molecule has 0 atom stereocenters. The Bertz CT molecular complexity index is 1190. The zero-order valence-electron chi connectivity index (χ0n) is 16.6. The maximum Gasteiger partial charge on any atom is 0.287 e. The summed E-state index contributed by atoms with van der Waals surface area (Å²) in [6, 6.07) is 20.2. The molecule has 9 heteroatoms. The number of hydrazone groups is 1. The van der Waals surface area contributed by atoms with Crippen molar-refractivity contribution in [3.63, 3.8) is 0 Å². The summed E-state index contributed by atoms with van der Waals surface area (Å²) in [5.74, 6) is -1.31. The van der Waals surface area contributed by atoms with Gasteiger partial charge in [0.2, 0.25) is 0 Å². The number of benzene rings is 3. The summed E-state index contributed by atoms with van der Waals surface area (Å²) >= 11 is 0. The molecule has 3 rings (SSSR count). The molecule has 0 spiro atoms. The van der Waals surface area contributed by atoms with E-state index in [-0.39, 0.29) is 17.1 Å². The second-order valence-corrected chi connectivity index (χ2v) is 6.48. The number of carbonyl (C=O) groups is 2. The van der Waals surface area contributed by atoms with Crippen molar-refractivity contribution in [2.75, 3.05) is 0 Å². The van der Waals surface area contributed by atoms with Gasteiger partial charge in [-0.1, -0.05) is 36.4 Å². The van der Waals surface area contributed by atoms with Crippen LogP contribution < -0.4 is 10.7 Å². The summed E-state index contributed by atoms with van der Waals surface area (Å²) in [5, 5.41) is 27.1. The van der Waals surface area contributed by atoms with Crippen molar-refractivity contribution in [2.45, 2.75) is 0 Å². The molecule has 0 saturated carbocycles. The number of nitrogens with one attached hydrogen (secondary N) is 2. The van der Waals surface area contributed by atoms with E-state index in [2.05, 4.69) is 15.8 Å². The van der Waals surface area contributed by atoms with E-state index >= 15 is 0 Å². The van der Waals surface area contributed by atoms with E-state index < -0.39 is 16.7 Å². The van der Waals surface area contributed by atoms with Gasteiger partial charge in [-0.15, -0.1) is 0 Å². The van der Waals surface area contributed by atoms with Crippen LogP contribution >= 0.6 is 0 Å². The number of rotatable bonds is 7. The lowest BCUT2D eigenvalue weighted by atomic mass is 10.1. The predicted octanol–water partition coefficient (Wildman–Crippen LogP) is 3.22. The molecule has 9 nitrogen and oxygen atoms in total. The maximum absolute atomic E-state index is 12.7. The highest BCUT2D eigenvalue weighted by molar-refractivity contribution is 6.05. The van der Waals surface area contributed by atoms with Crippen LogP contribution in [0.1, 0.15) is 21.5 Å². The molecule has 0 fully saturated rings. The first-order chi connectivity index (χ1) is 15.4. The number of amides is 2. The summed E-state index contributed by atoms with van der Waals surface area (Å²) in [5.41, 5.74) is 3.29. The van der Waals surface area contributed by atoms with Crippen LogP contribution in [0.5, 0.6) is 5.75 Å². The Morgan fingerprint density at radius 3 is 2.25 bits per heavy atom. The van der Waals surface area contributed by atoms with Crippen molar-refractivity contribution < 1.29 is 19.6 Å². The van der Waals surface area contributed by atoms with Crippen LogP contribution in [-0.4, -0.2) is 28.1 Å². The third-order valence-corrected chi connectivity index (χ3v) is 4.25. The second-order valence-electron chi connectivity index (χ2n) is 6.48. The average molecular weight is 430 g/mol. The van der Waals surface area contributed by atoms with Gasteiger partial charge >= 0.3 is 0 Å². The molecule has 3 N–H and O–H groups in total. The highest BCUT2D eigenvalue weighted by Gasteiger charge is 2.15. The largest absolute Gasteiger partial charge is 0.507 e. The second kappa shape index (κ2) is 10.3. The first-order valence-corrected chi connectivity index (χ1v) is 9.38. The molecule has 0 aromatic heterocycles. The lowest BCUT2D eigenvalue weighted by molar-refractivity contribution is -0.384. The number of nitro benzene ring substituents is 1. The maximum atomic E-state index is 12.7. The third kappa shape index (κ3) is 5.86. The van der Waals surface area contributed by atoms with Gasteiger partial charge in [0.1, 0.15) is 11.4 Å². The first kappa shape index (κ1) is 21.9. The first-order valence-electron chi connectivity index (χ1n) is 9.38. The monoisotopic (exact) mass is 430 g/mol. The molecular weight excluding hydrogens is 412 g/mol. The average Bonchev–Trinajstić information content (AvgIpc) is 2.80. The summed E-state index contributed by atoms with van der Waals surface area (Å²) in [6.45, 7) is 0. The van der Waals surface area contributed by atoms with Gasteiger partial charge in [-0.25, -0.2) is 5.43 Å². The smallest absolute Gasteiger partial charge is 0.287 e. The molecule has 0 radical (unpaired) electrons. The van der Waals surface area contributed by atoms with E-state index in [1.165, 1.54) is 42.6 Å². The molecule has 0 unspecified atom stereocenters. The van der Waals surface area contributed by atoms with Crippen LogP contribution in [-0.2, 0) is 4.79 Å². The lowest BCUT2D eigenvalue weighted by Gasteiger charge is -2.09. The van der Waals surface area contributed by atoms with Crippen molar-refractivity contribution in [1.82, 2.24) is 10.7 Å². The van der Waals surface area contributed by atoms with Crippen molar-refractivity contribution >= 4 is 29.8 Å². The number of hydrogen-bond donors (Lipinski definition) is 3. The Hall–Kier alpha value is -4.79. The number of phenols is 1. The predicted molar refractivity (Wildman–Crippen MR) is 119 cm³/mol. The van der Waals surface area contributed by atoms with Gasteiger partial charge in [-0.05, 0) is 42.0 Å². The number of nitrogens with zero attached hydrogens (tertiary/aromatic N) is 2. The Morgan fingerprint density at radius 2 is 1.59 bits per heavy atom. The minimum absolute atomic E-state index is 0.0669. The lowest BCUT2D eigenvalue weighted by Crippen LogP contribution is -2.32. The number of para-hydroxylation sites is 1. The van der Waals surface area contributed by atoms with Gasteiger partial charge in [0.05, 0.1) is 11.1 Å². The molecular formula is C23H18N4O5. The summed E-state index contributed by atoms with van der Waals surface area (Å²) in [7, 11) is 0. The van der Waals surface area contributed by atoms with E-state index in [0.717, 1.165) is 0 Å². The number of hydrogen-bond acceptors (Lipinski definition) is 6. The van der Waals surface area contributed by atoms with E-state index in [4.69, 9.17) is 0 Å². The van der Waals surface area contributed by atoms with E-state index in [1.54, 1.807) is 48.5 Å². The number of carbonyl (C=O) groups excluding carboxylic acids is 2. The molecule has 0 heterocycles. The minimum atomic E-state index is -0.726. The van der Waals surface area contributed by atoms with Crippen LogP contribution in [0.3, 0.4) is 0 Å². The van der Waals surface area contributed by atoms with Crippen molar-refractivity contribution in [1.29, 1.82) is 0 Å². The summed E-state index contributed by atoms with van der Waals surface area (Å²) in [6.07, 6.45) is 2.63. The molecule has 0 saturated heterocycles. The molecule has 0 aliphatic rings. The number of aromatic hydroxyl groups is 1. The standard InChI is InChI=1S/C23H18N4O5/c28-21-9-5-4-8-18(21)14-20(25-22(29)17-6-2-1-3-7-17)23(30)26-24-15-16-10-12-19(13-11-16)27(31)32/h1-15,28H,(H,25,29)(H,26,30)/b20-14-,24-15+. The normalized spacial score (nSPS) is 11.2. The Balaban J connectivity index is 1.79. The number of phenolic OH excluding ortho intramolecular Hbond substituents is 1. The van der Waals surface area contributed by atoms with Gasteiger partial charge in [-0.3, -0.25) is 19.7 Å². The van der Waals surface area contributed by atoms with Crippen LogP contribution in [0, 0.1) is 10.1 Å². The molecule has 3 aromatic carbocycles. The number of non-ortho nitro benzene ring substituents is 1. The van der Waals surface area contributed by atoms with Gasteiger partial charge in [0.15, 0.2) is 0 Å². The van der Waals surface area contributed by atoms with Gasteiger partial charge < -0.3 is 10.4 Å². The third-order valence-electron chi connectivity index (χ3n) is 4.25. The van der Waals surface area contributed by atoms with Gasteiger partial charge in [0, 0.05) is 23.3 Å². The van der Waals surface area contributed by atoms with Crippen LogP contribution in [0.25, 0.3) is 6.08 Å². The molecule has 0 aliphatic carbocycles. The summed E-state index contributed by atoms with van der Waals surface area (Å²) in [4.78, 5) is 35.4. The minimum Gasteiger partial charge on any atom is -0.507 e. The van der Waals surface area contributed by atoms with Crippen molar-refractivity contribution in [3.05, 3.63) is 111 Å². The van der Waals surface area contributed by atoms with Crippen molar-refractivity contribution in [3.8, 4) is 5.75 Å². The fourth-order valence-electron chi connectivity index (χ4n) is 2.62. The van der Waals surface area contributed by atoms with Crippen LogP contribution in [0.4, 0.5) is 5.69 Å². The molecule has 3 aromatic rings. The van der Waals surface area contributed by atoms with Gasteiger partial charge in [-0.2, -0.15) is 5.10 Å². The van der Waals surface area contributed by atoms with Crippen molar-refractivity contribution in [2.24, 2.45) is 5.10 Å². The number of nitro groups is 1. The van der Waals surface area contributed by atoms with Crippen LogP contribution in [0.2, 0.25) is 0 Å². The van der Waals surface area contributed by atoms with Crippen LogP contribution in [0.15, 0.2) is 89.7 Å². The fraction of sp³-hybridized carbons (Fsp3) is 0. The molecule has 160 valence electrons. The highest BCUT2D eigenvalue weighted by atomic mass is 16.6.